The molecule has 0 aliphatic rings. The van der Waals surface area contributed by atoms with Crippen molar-refractivity contribution in [2.24, 2.45) is 0 Å². The van der Waals surface area contributed by atoms with Crippen molar-refractivity contribution in [1.82, 2.24) is 4.57 Å². The molecule has 0 aliphatic carbocycles. The van der Waals surface area contributed by atoms with E-state index in [-0.39, 0.29) is 0 Å². The molecule has 0 saturated heterocycles. The van der Waals surface area contributed by atoms with E-state index in [1.165, 1.54) is 64.4 Å². The van der Waals surface area contributed by atoms with Gasteiger partial charge in [0.15, 0.2) is 0 Å². The molecule has 6 aromatic carbocycles. The number of thiophene rings is 1. The van der Waals surface area contributed by atoms with Gasteiger partial charge in [0, 0.05) is 36.5 Å². The highest BCUT2D eigenvalue weighted by Crippen LogP contribution is 2.41. The van der Waals surface area contributed by atoms with Crippen molar-refractivity contribution < 1.29 is 0 Å². The molecule has 0 bridgehead atoms. The van der Waals surface area contributed by atoms with Crippen LogP contribution < -0.4 is 0 Å². The van der Waals surface area contributed by atoms with E-state index in [0.717, 1.165) is 5.56 Å². The Labute approximate surface area is 235 Å². The summed E-state index contributed by atoms with van der Waals surface area (Å²) in [4.78, 5) is 0. The third-order valence-corrected chi connectivity index (χ3v) is 8.99. The Hall–Kier alpha value is -5.17. The first kappa shape index (κ1) is 22.8. The highest BCUT2D eigenvalue weighted by atomic mass is 32.1. The number of fused-ring (bicyclic) bond motifs is 6. The van der Waals surface area contributed by atoms with Crippen LogP contribution in [-0.2, 0) is 0 Å². The molecule has 0 atom stereocenters. The van der Waals surface area contributed by atoms with Crippen LogP contribution in [0.4, 0.5) is 0 Å². The topological polar surface area (TPSA) is 28.7 Å². The lowest BCUT2D eigenvalue weighted by Crippen LogP contribution is -1.96. The van der Waals surface area contributed by atoms with Crippen LogP contribution in [0.2, 0.25) is 0 Å². The summed E-state index contributed by atoms with van der Waals surface area (Å²) in [5, 5.41) is 14.2. The Kier molecular flexibility index (Phi) is 5.10. The number of nitrogens with zero attached hydrogens (tertiary/aromatic N) is 2. The second kappa shape index (κ2) is 8.95. The molecule has 0 amide bonds. The van der Waals surface area contributed by atoms with Gasteiger partial charge in [0.25, 0.3) is 0 Å². The number of rotatable bonds is 3. The zero-order chi connectivity index (χ0) is 26.6. The van der Waals surface area contributed by atoms with Crippen LogP contribution in [-0.4, -0.2) is 4.57 Å². The molecule has 8 rings (SSSR count). The van der Waals surface area contributed by atoms with E-state index in [2.05, 4.69) is 120 Å². The van der Waals surface area contributed by atoms with Gasteiger partial charge in [-0.1, -0.05) is 84.9 Å². The molecule has 0 aliphatic heterocycles. The van der Waals surface area contributed by atoms with Gasteiger partial charge in [0.2, 0.25) is 0 Å². The first-order chi connectivity index (χ1) is 19.8. The van der Waals surface area contributed by atoms with Gasteiger partial charge in [-0.05, 0) is 65.2 Å². The van der Waals surface area contributed by atoms with Crippen molar-refractivity contribution in [3.05, 3.63) is 139 Å². The first-order valence-corrected chi connectivity index (χ1v) is 14.1. The third kappa shape index (κ3) is 3.48. The van der Waals surface area contributed by atoms with E-state index < -0.39 is 0 Å². The lowest BCUT2D eigenvalue weighted by molar-refractivity contribution is 1.18. The second-order valence-corrected chi connectivity index (χ2v) is 11.2. The van der Waals surface area contributed by atoms with Crippen LogP contribution in [0.15, 0.2) is 133 Å². The number of nitriles is 1. The highest BCUT2D eigenvalue weighted by Gasteiger charge is 2.16. The van der Waals surface area contributed by atoms with Crippen LogP contribution in [0.5, 0.6) is 0 Å². The maximum atomic E-state index is 9.14. The molecule has 0 spiro atoms. The maximum absolute atomic E-state index is 9.14. The van der Waals surface area contributed by atoms with Crippen molar-refractivity contribution in [3.8, 4) is 34.0 Å². The van der Waals surface area contributed by atoms with Crippen LogP contribution in [0, 0.1) is 11.3 Å². The Bertz CT molecular complexity index is 2220. The summed E-state index contributed by atoms with van der Waals surface area (Å²) in [6.45, 7) is 0. The van der Waals surface area contributed by atoms with Gasteiger partial charge in [0.1, 0.15) is 0 Å². The maximum Gasteiger partial charge on any atom is 0.0991 e. The summed E-state index contributed by atoms with van der Waals surface area (Å²) in [7, 11) is 0. The Balaban J connectivity index is 1.30. The van der Waals surface area contributed by atoms with Crippen LogP contribution in [0.3, 0.4) is 0 Å². The van der Waals surface area contributed by atoms with Gasteiger partial charge in [-0.15, -0.1) is 11.3 Å². The molecule has 3 heteroatoms. The van der Waals surface area contributed by atoms with Gasteiger partial charge in [-0.3, -0.25) is 0 Å². The van der Waals surface area contributed by atoms with E-state index in [9.17, 15) is 0 Å². The van der Waals surface area contributed by atoms with Crippen molar-refractivity contribution >= 4 is 53.3 Å². The minimum absolute atomic E-state index is 0.681. The average Bonchev–Trinajstić information content (AvgIpc) is 3.56. The molecule has 186 valence electrons. The normalized spacial score (nSPS) is 11.5. The van der Waals surface area contributed by atoms with Gasteiger partial charge < -0.3 is 4.57 Å². The summed E-state index contributed by atoms with van der Waals surface area (Å²) >= 11 is 1.83. The fourth-order valence-electron chi connectivity index (χ4n) is 5.96. The van der Waals surface area contributed by atoms with E-state index in [1.807, 2.05) is 35.6 Å². The minimum atomic E-state index is 0.681. The third-order valence-electron chi connectivity index (χ3n) is 7.85. The molecule has 2 heterocycles. The molecule has 0 fully saturated rings. The largest absolute Gasteiger partial charge is 0.309 e. The summed E-state index contributed by atoms with van der Waals surface area (Å²) in [6.07, 6.45) is 0. The van der Waals surface area contributed by atoms with Gasteiger partial charge in [-0.25, -0.2) is 0 Å². The molecule has 0 radical (unpaired) electrons. The zero-order valence-electron chi connectivity index (χ0n) is 21.5. The molecule has 2 nitrogen and oxygen atoms in total. The monoisotopic (exact) mass is 526 g/mol. The predicted molar refractivity (Wildman–Crippen MR) is 169 cm³/mol. The summed E-state index contributed by atoms with van der Waals surface area (Å²) in [6, 6.07) is 49.6. The molecular formula is C37H22N2S. The highest BCUT2D eigenvalue weighted by molar-refractivity contribution is 7.25. The smallest absolute Gasteiger partial charge is 0.0991 e. The van der Waals surface area contributed by atoms with Crippen LogP contribution >= 0.6 is 11.3 Å². The van der Waals surface area contributed by atoms with Crippen molar-refractivity contribution in [3.63, 3.8) is 0 Å². The first-order valence-electron chi connectivity index (χ1n) is 13.3. The molecule has 2 aromatic heterocycles. The van der Waals surface area contributed by atoms with E-state index >= 15 is 0 Å². The minimum Gasteiger partial charge on any atom is -0.309 e. The number of hydrogen-bond donors (Lipinski definition) is 0. The number of hydrogen-bond acceptors (Lipinski definition) is 2. The van der Waals surface area contributed by atoms with Gasteiger partial charge >= 0.3 is 0 Å². The summed E-state index contributed by atoms with van der Waals surface area (Å²) in [5.74, 6) is 0. The van der Waals surface area contributed by atoms with Crippen molar-refractivity contribution in [2.45, 2.75) is 0 Å². The number of benzene rings is 6. The molecule has 40 heavy (non-hydrogen) atoms. The lowest BCUT2D eigenvalue weighted by Gasteiger charge is -2.14. The number of aromatic nitrogens is 1. The Morgan fingerprint density at radius 1 is 0.500 bits per heavy atom. The fraction of sp³-hybridized carbons (Fsp3) is 0. The van der Waals surface area contributed by atoms with Crippen LogP contribution in [0.25, 0.3) is 69.9 Å². The van der Waals surface area contributed by atoms with Crippen molar-refractivity contribution in [1.29, 1.82) is 5.26 Å². The molecular weight excluding hydrogens is 504 g/mol. The average molecular weight is 527 g/mol. The molecule has 0 unspecified atom stereocenters. The van der Waals surface area contributed by atoms with E-state index in [1.54, 1.807) is 0 Å². The predicted octanol–water partition coefficient (Wildman–Crippen LogP) is 10.4. The summed E-state index contributed by atoms with van der Waals surface area (Å²) < 4.78 is 4.95. The molecule has 8 aromatic rings. The van der Waals surface area contributed by atoms with E-state index in [4.69, 9.17) is 5.26 Å². The van der Waals surface area contributed by atoms with E-state index in [0.29, 0.717) is 5.56 Å². The standard InChI is InChI=1S/C37H22N2S/c38-23-24-13-15-25(16-14-24)26-17-19-31-32-21-27(18-20-36(32)40-37(31)22-26)28-7-1-4-10-33(28)39-34-11-5-2-8-29(34)30-9-3-6-12-35(30)39/h1-22H. The zero-order valence-corrected chi connectivity index (χ0v) is 22.3. The summed E-state index contributed by atoms with van der Waals surface area (Å²) in [5.41, 5.74) is 9.01. The van der Waals surface area contributed by atoms with Gasteiger partial charge in [-0.2, -0.15) is 5.26 Å². The molecule has 0 saturated carbocycles. The Morgan fingerprint density at radius 2 is 1.15 bits per heavy atom. The SMILES string of the molecule is N#Cc1ccc(-c2ccc3c(c2)sc2ccc(-c4ccccc4-n4c5ccccc5c5ccccc54)cc23)cc1. The fourth-order valence-corrected chi connectivity index (χ4v) is 7.08. The number of para-hydroxylation sites is 3. The Morgan fingerprint density at radius 3 is 1.90 bits per heavy atom. The second-order valence-electron chi connectivity index (χ2n) is 10.1. The lowest BCUT2D eigenvalue weighted by atomic mass is 9.99. The van der Waals surface area contributed by atoms with Crippen molar-refractivity contribution in [2.75, 3.05) is 0 Å². The van der Waals surface area contributed by atoms with Crippen LogP contribution in [0.1, 0.15) is 5.56 Å². The van der Waals surface area contributed by atoms with Gasteiger partial charge in [0.05, 0.1) is 28.4 Å². The molecule has 0 N–H and O–H groups in total. The quantitative estimate of drug-likeness (QED) is 0.225.